The van der Waals surface area contributed by atoms with Crippen LogP contribution in [0.3, 0.4) is 0 Å². The van der Waals surface area contributed by atoms with E-state index in [2.05, 4.69) is 32.6 Å². The topological polar surface area (TPSA) is 29.5 Å². The Bertz CT molecular complexity index is 612. The van der Waals surface area contributed by atoms with E-state index in [1.807, 2.05) is 6.07 Å². The molecule has 0 radical (unpaired) electrons. The molecule has 3 rings (SSSR count). The lowest BCUT2D eigenvalue weighted by Crippen LogP contribution is -2.25. The van der Waals surface area contributed by atoms with Crippen LogP contribution >= 0.6 is 0 Å². The fraction of sp³-hybridized carbons (Fsp3) is 0.500. The maximum atomic E-state index is 10.6. The minimum atomic E-state index is 0.217. The van der Waals surface area contributed by atoms with Gasteiger partial charge in [-0.25, -0.2) is 0 Å². The summed E-state index contributed by atoms with van der Waals surface area (Å²) in [5.74, 6) is 2.57. The molecule has 0 amide bonds. The molecular weight excluding hydrogens is 272 g/mol. The van der Waals surface area contributed by atoms with Crippen LogP contribution in [0.15, 0.2) is 36.1 Å². The Morgan fingerprint density at radius 3 is 2.91 bits per heavy atom. The van der Waals surface area contributed by atoms with Crippen LogP contribution in [0.25, 0.3) is 0 Å². The summed E-state index contributed by atoms with van der Waals surface area (Å²) >= 11 is 0. The number of aromatic hydroxyl groups is 1. The Balaban J connectivity index is 1.95. The van der Waals surface area contributed by atoms with Gasteiger partial charge < -0.3 is 9.84 Å². The summed E-state index contributed by atoms with van der Waals surface area (Å²) in [5.41, 5.74) is 3.51. The van der Waals surface area contributed by atoms with Gasteiger partial charge in [0.2, 0.25) is 0 Å². The molecule has 1 aliphatic heterocycles. The Morgan fingerprint density at radius 1 is 1.32 bits per heavy atom. The van der Waals surface area contributed by atoms with E-state index in [9.17, 15) is 5.11 Å². The first kappa shape index (κ1) is 15.2. The number of unbranched alkanes of at least 4 members (excludes halogenated alkanes) is 2. The first-order chi connectivity index (χ1) is 10.6. The third-order valence-corrected chi connectivity index (χ3v) is 4.98. The standard InChI is InChI=1S/C20H26O2/c1-4-5-6-7-15-11-18(21)20-17-10-13(2)8-9-16(17)14(3)22-19(20)12-15/h10-12,16-17,21H,3-9H2,1-2H3/t16-,17+/m0/s1. The molecule has 2 atom stereocenters. The average molecular weight is 298 g/mol. The number of phenols is 1. The molecule has 1 aromatic rings. The predicted molar refractivity (Wildman–Crippen MR) is 90.3 cm³/mol. The molecule has 0 unspecified atom stereocenters. The van der Waals surface area contributed by atoms with Crippen molar-refractivity contribution in [3.8, 4) is 11.5 Å². The molecule has 0 bridgehead atoms. The lowest BCUT2D eigenvalue weighted by molar-refractivity contribution is 0.275. The van der Waals surface area contributed by atoms with Gasteiger partial charge in [0, 0.05) is 17.4 Å². The van der Waals surface area contributed by atoms with Crippen molar-refractivity contribution >= 4 is 0 Å². The van der Waals surface area contributed by atoms with Crippen molar-refractivity contribution in [2.45, 2.75) is 58.3 Å². The van der Waals surface area contributed by atoms with Crippen LogP contribution in [0.1, 0.15) is 63.0 Å². The zero-order valence-corrected chi connectivity index (χ0v) is 13.7. The Kier molecular flexibility index (Phi) is 4.28. The molecule has 0 spiro atoms. The molecule has 0 saturated heterocycles. The first-order valence-electron chi connectivity index (χ1n) is 8.50. The second-order valence-electron chi connectivity index (χ2n) is 6.74. The number of ether oxygens (including phenoxy) is 1. The summed E-state index contributed by atoms with van der Waals surface area (Å²) in [7, 11) is 0. The van der Waals surface area contributed by atoms with E-state index >= 15 is 0 Å². The van der Waals surface area contributed by atoms with Crippen LogP contribution < -0.4 is 4.74 Å². The van der Waals surface area contributed by atoms with E-state index in [-0.39, 0.29) is 5.92 Å². The second kappa shape index (κ2) is 6.20. The number of hydrogen-bond acceptors (Lipinski definition) is 2. The van der Waals surface area contributed by atoms with Gasteiger partial charge in [0.25, 0.3) is 0 Å². The SMILES string of the molecule is C=C1Oc2cc(CCCCC)cc(O)c2[C@@H]2C=C(C)CC[C@@H]12. The van der Waals surface area contributed by atoms with Crippen molar-refractivity contribution < 1.29 is 9.84 Å². The monoisotopic (exact) mass is 298 g/mol. The second-order valence-corrected chi connectivity index (χ2v) is 6.74. The number of phenolic OH excluding ortho intramolecular Hbond substituents is 1. The quantitative estimate of drug-likeness (QED) is 0.590. The molecule has 0 fully saturated rings. The van der Waals surface area contributed by atoms with Crippen molar-refractivity contribution in [1.82, 2.24) is 0 Å². The highest BCUT2D eigenvalue weighted by atomic mass is 16.5. The minimum Gasteiger partial charge on any atom is -0.507 e. The number of rotatable bonds is 4. The van der Waals surface area contributed by atoms with Gasteiger partial charge in [-0.05, 0) is 50.3 Å². The number of aryl methyl sites for hydroxylation is 1. The smallest absolute Gasteiger partial charge is 0.134 e. The molecule has 1 heterocycles. The average Bonchev–Trinajstić information content (AvgIpc) is 2.46. The molecule has 118 valence electrons. The highest BCUT2D eigenvalue weighted by molar-refractivity contribution is 5.54. The molecule has 2 heteroatoms. The van der Waals surface area contributed by atoms with E-state index in [1.165, 1.54) is 18.4 Å². The molecule has 2 nitrogen and oxygen atoms in total. The van der Waals surface area contributed by atoms with Crippen LogP contribution in [0.4, 0.5) is 0 Å². The van der Waals surface area contributed by atoms with Crippen LogP contribution in [0.5, 0.6) is 11.5 Å². The fourth-order valence-electron chi connectivity index (χ4n) is 3.74. The molecule has 1 N–H and O–H groups in total. The van der Waals surface area contributed by atoms with Crippen LogP contribution in [-0.2, 0) is 6.42 Å². The van der Waals surface area contributed by atoms with E-state index in [0.717, 1.165) is 48.3 Å². The normalized spacial score (nSPS) is 23.4. The summed E-state index contributed by atoms with van der Waals surface area (Å²) in [5, 5.41) is 10.6. The molecule has 22 heavy (non-hydrogen) atoms. The van der Waals surface area contributed by atoms with Gasteiger partial charge in [-0.2, -0.15) is 0 Å². The predicted octanol–water partition coefficient (Wildman–Crippen LogP) is 5.47. The molecule has 2 aliphatic rings. The van der Waals surface area contributed by atoms with Crippen molar-refractivity contribution in [1.29, 1.82) is 0 Å². The van der Waals surface area contributed by atoms with Crippen molar-refractivity contribution in [2.24, 2.45) is 5.92 Å². The summed E-state index contributed by atoms with van der Waals surface area (Å²) in [4.78, 5) is 0. The molecule has 1 aliphatic carbocycles. The largest absolute Gasteiger partial charge is 0.507 e. The summed E-state index contributed by atoms with van der Waals surface area (Å²) in [6, 6.07) is 4.03. The highest BCUT2D eigenvalue weighted by Crippen LogP contribution is 2.51. The highest BCUT2D eigenvalue weighted by Gasteiger charge is 2.36. The third kappa shape index (κ3) is 2.79. The van der Waals surface area contributed by atoms with Gasteiger partial charge in [-0.1, -0.05) is 38.0 Å². The van der Waals surface area contributed by atoms with Crippen LogP contribution in [-0.4, -0.2) is 5.11 Å². The zero-order chi connectivity index (χ0) is 15.7. The fourth-order valence-corrected chi connectivity index (χ4v) is 3.74. The van der Waals surface area contributed by atoms with E-state index in [1.54, 1.807) is 0 Å². The lowest BCUT2D eigenvalue weighted by Gasteiger charge is -2.37. The van der Waals surface area contributed by atoms with E-state index < -0.39 is 0 Å². The first-order valence-corrected chi connectivity index (χ1v) is 8.50. The number of benzene rings is 1. The van der Waals surface area contributed by atoms with Crippen molar-refractivity contribution in [3.63, 3.8) is 0 Å². The number of hydrogen-bond donors (Lipinski definition) is 1. The minimum absolute atomic E-state index is 0.217. The van der Waals surface area contributed by atoms with Gasteiger partial charge in [0.05, 0.1) is 0 Å². The van der Waals surface area contributed by atoms with Crippen molar-refractivity contribution in [3.05, 3.63) is 47.2 Å². The molecule has 1 aromatic carbocycles. The summed E-state index contributed by atoms with van der Waals surface area (Å²) < 4.78 is 5.98. The maximum absolute atomic E-state index is 10.6. The van der Waals surface area contributed by atoms with Crippen LogP contribution in [0.2, 0.25) is 0 Å². The Morgan fingerprint density at radius 2 is 2.14 bits per heavy atom. The Labute approximate surface area is 133 Å². The lowest BCUT2D eigenvalue weighted by atomic mass is 9.74. The van der Waals surface area contributed by atoms with Gasteiger partial charge in [0.15, 0.2) is 0 Å². The van der Waals surface area contributed by atoms with E-state index in [4.69, 9.17) is 4.74 Å². The number of fused-ring (bicyclic) bond motifs is 3. The zero-order valence-electron chi connectivity index (χ0n) is 13.7. The maximum Gasteiger partial charge on any atom is 0.134 e. The van der Waals surface area contributed by atoms with Crippen molar-refractivity contribution in [2.75, 3.05) is 0 Å². The van der Waals surface area contributed by atoms with Gasteiger partial charge in [0.1, 0.15) is 17.3 Å². The molecule has 0 saturated carbocycles. The Hall–Kier alpha value is -1.70. The summed E-state index contributed by atoms with van der Waals surface area (Å²) in [6.07, 6.45) is 9.01. The molecule has 0 aromatic heterocycles. The van der Waals surface area contributed by atoms with Gasteiger partial charge >= 0.3 is 0 Å². The number of allylic oxidation sites excluding steroid dienone is 3. The van der Waals surface area contributed by atoms with E-state index in [0.29, 0.717) is 11.7 Å². The molecular formula is C20H26O2. The summed E-state index contributed by atoms with van der Waals surface area (Å²) in [6.45, 7) is 8.50. The third-order valence-electron chi connectivity index (χ3n) is 4.98. The van der Waals surface area contributed by atoms with Crippen LogP contribution in [0, 0.1) is 5.92 Å². The van der Waals surface area contributed by atoms with Gasteiger partial charge in [-0.15, -0.1) is 0 Å². The van der Waals surface area contributed by atoms with Gasteiger partial charge in [-0.3, -0.25) is 0 Å².